The average Bonchev–Trinajstić information content (AvgIpc) is 1.95. The Morgan fingerprint density at radius 3 is 2.91 bits per heavy atom. The number of carbonyl (C=O) groups is 2. The van der Waals surface area contributed by atoms with Crippen LogP contribution < -0.4 is 5.32 Å². The number of carbonyl (C=O) groups excluding carboxylic acids is 2. The second kappa shape index (κ2) is 3.43. The molecule has 1 rings (SSSR count). The Balaban J connectivity index is 2.85. The molecule has 0 aromatic rings. The monoisotopic (exact) mass is 216 g/mol. The third-order valence-electron chi connectivity index (χ3n) is 1.10. The van der Waals surface area contributed by atoms with Gasteiger partial charge in [-0.25, -0.2) is 9.79 Å². The fourth-order valence-electron chi connectivity index (χ4n) is 0.617. The second-order valence-corrected chi connectivity index (χ2v) is 2.48. The highest BCUT2D eigenvalue weighted by Gasteiger charge is 2.14. The van der Waals surface area contributed by atoms with Gasteiger partial charge in [-0.1, -0.05) is 22.0 Å². The molecule has 1 N–H and O–H groups in total. The van der Waals surface area contributed by atoms with Crippen molar-refractivity contribution >= 4 is 34.1 Å². The van der Waals surface area contributed by atoms with E-state index in [2.05, 4.69) is 20.9 Å². The molecule has 3 amide bonds. The molecule has 0 fully saturated rings. The minimum atomic E-state index is -0.610. The lowest BCUT2D eigenvalue weighted by molar-refractivity contribution is -0.116. The topological polar surface area (TPSA) is 58.5 Å². The first-order valence-electron chi connectivity index (χ1n) is 2.89. The van der Waals surface area contributed by atoms with Crippen molar-refractivity contribution < 1.29 is 9.59 Å². The van der Waals surface area contributed by atoms with Crippen molar-refractivity contribution in [3.63, 3.8) is 0 Å². The zero-order valence-electron chi connectivity index (χ0n) is 5.50. The van der Waals surface area contributed by atoms with Crippen molar-refractivity contribution in [1.29, 1.82) is 0 Å². The summed E-state index contributed by atoms with van der Waals surface area (Å²) in [6.07, 6.45) is 2.88. The average molecular weight is 217 g/mol. The normalized spacial score (nSPS) is 20.6. The van der Waals surface area contributed by atoms with Gasteiger partial charge in [-0.05, 0) is 0 Å². The third kappa shape index (κ3) is 1.98. The van der Waals surface area contributed by atoms with Crippen molar-refractivity contribution in [2.24, 2.45) is 4.99 Å². The number of nitrogens with one attached hydrogen (secondary N) is 1. The number of alkyl halides is 1. The Kier molecular flexibility index (Phi) is 2.53. The van der Waals surface area contributed by atoms with Crippen molar-refractivity contribution in [3.05, 3.63) is 11.6 Å². The van der Waals surface area contributed by atoms with Gasteiger partial charge < -0.3 is 0 Å². The van der Waals surface area contributed by atoms with Crippen LogP contribution in [0.2, 0.25) is 0 Å². The molecule has 0 aromatic carbocycles. The molecular weight excluding hydrogens is 212 g/mol. The van der Waals surface area contributed by atoms with E-state index in [1.54, 1.807) is 6.08 Å². The van der Waals surface area contributed by atoms with Crippen LogP contribution in [-0.4, -0.2) is 23.5 Å². The molecule has 0 unspecified atom stereocenters. The van der Waals surface area contributed by atoms with Gasteiger partial charge in [-0.2, -0.15) is 0 Å². The van der Waals surface area contributed by atoms with Gasteiger partial charge in [0, 0.05) is 11.5 Å². The predicted molar refractivity (Wildman–Crippen MR) is 43.9 cm³/mol. The number of hydrogen-bond acceptors (Lipinski definition) is 2. The summed E-state index contributed by atoms with van der Waals surface area (Å²) in [4.78, 5) is 24.7. The molecular formula is C6H5BrN2O2. The number of urea groups is 1. The van der Waals surface area contributed by atoms with Crippen molar-refractivity contribution in [2.45, 2.75) is 0 Å². The lowest BCUT2D eigenvalue weighted by Crippen LogP contribution is -2.33. The van der Waals surface area contributed by atoms with Crippen LogP contribution in [0, 0.1) is 0 Å². The van der Waals surface area contributed by atoms with Crippen LogP contribution in [0.1, 0.15) is 0 Å². The molecule has 1 aliphatic heterocycles. The molecule has 0 aliphatic carbocycles. The van der Waals surface area contributed by atoms with E-state index in [-0.39, 0.29) is 0 Å². The maximum atomic E-state index is 10.9. The van der Waals surface area contributed by atoms with Crippen LogP contribution in [0.5, 0.6) is 0 Å². The van der Waals surface area contributed by atoms with Gasteiger partial charge in [0.25, 0.3) is 5.91 Å². The van der Waals surface area contributed by atoms with Gasteiger partial charge >= 0.3 is 6.03 Å². The zero-order valence-corrected chi connectivity index (χ0v) is 7.09. The molecule has 5 heteroatoms. The van der Waals surface area contributed by atoms with E-state index in [0.717, 1.165) is 0 Å². The summed E-state index contributed by atoms with van der Waals surface area (Å²) >= 11 is 3.12. The molecule has 0 saturated carbocycles. The first-order valence-corrected chi connectivity index (χ1v) is 4.01. The first kappa shape index (κ1) is 8.13. The SMILES string of the molecule is O=C1N=CC(=CCBr)C(=O)N1. The van der Waals surface area contributed by atoms with Gasteiger partial charge in [0.2, 0.25) is 0 Å². The van der Waals surface area contributed by atoms with Gasteiger partial charge in [0.05, 0.1) is 5.57 Å². The van der Waals surface area contributed by atoms with E-state index in [1.165, 1.54) is 6.21 Å². The Hall–Kier alpha value is -0.970. The summed E-state index contributed by atoms with van der Waals surface area (Å²) in [6, 6.07) is -0.610. The summed E-state index contributed by atoms with van der Waals surface area (Å²) in [5.41, 5.74) is 0.404. The molecule has 4 nitrogen and oxygen atoms in total. The number of nitrogens with zero attached hydrogens (tertiary/aromatic N) is 1. The standard InChI is InChI=1S/C6H5BrN2O2/c7-2-1-4-3-8-6(11)9-5(4)10/h1,3H,2H2,(H,9,10,11). The summed E-state index contributed by atoms with van der Waals surface area (Å²) < 4.78 is 0. The molecule has 0 spiro atoms. The van der Waals surface area contributed by atoms with E-state index >= 15 is 0 Å². The van der Waals surface area contributed by atoms with Crippen LogP contribution in [0.4, 0.5) is 4.79 Å². The highest BCUT2D eigenvalue weighted by molar-refractivity contribution is 9.09. The summed E-state index contributed by atoms with van der Waals surface area (Å²) in [5, 5.41) is 2.61. The minimum Gasteiger partial charge on any atom is -0.272 e. The Labute approximate surface area is 71.5 Å². The molecule has 0 bridgehead atoms. The molecule has 58 valence electrons. The van der Waals surface area contributed by atoms with Crippen LogP contribution in [0.3, 0.4) is 0 Å². The summed E-state index contributed by atoms with van der Waals surface area (Å²) in [5.74, 6) is -0.399. The van der Waals surface area contributed by atoms with E-state index < -0.39 is 11.9 Å². The zero-order chi connectivity index (χ0) is 8.27. The van der Waals surface area contributed by atoms with Gasteiger partial charge in [0.15, 0.2) is 0 Å². The first-order chi connectivity index (χ1) is 5.24. The van der Waals surface area contributed by atoms with Crippen LogP contribution >= 0.6 is 15.9 Å². The number of aliphatic imine (C=N–C) groups is 1. The maximum absolute atomic E-state index is 10.9. The smallest absolute Gasteiger partial charge is 0.272 e. The van der Waals surface area contributed by atoms with Crippen LogP contribution in [0.25, 0.3) is 0 Å². The van der Waals surface area contributed by atoms with E-state index in [1.807, 2.05) is 5.32 Å². The second-order valence-electron chi connectivity index (χ2n) is 1.83. The van der Waals surface area contributed by atoms with Crippen molar-refractivity contribution in [3.8, 4) is 0 Å². The van der Waals surface area contributed by atoms with E-state index in [0.29, 0.717) is 10.9 Å². The molecule has 1 heterocycles. The Morgan fingerprint density at radius 2 is 2.36 bits per heavy atom. The molecule has 0 radical (unpaired) electrons. The highest BCUT2D eigenvalue weighted by atomic mass is 79.9. The van der Waals surface area contributed by atoms with Gasteiger partial charge in [-0.3, -0.25) is 10.1 Å². The molecule has 0 aromatic heterocycles. The highest BCUT2D eigenvalue weighted by Crippen LogP contribution is 1.98. The number of allylic oxidation sites excluding steroid dienone is 1. The Morgan fingerprint density at radius 1 is 1.64 bits per heavy atom. The molecule has 0 atom stereocenters. The predicted octanol–water partition coefficient (Wildman–Crippen LogP) is 0.628. The van der Waals surface area contributed by atoms with E-state index in [4.69, 9.17) is 0 Å². The van der Waals surface area contributed by atoms with Crippen LogP contribution in [0.15, 0.2) is 16.6 Å². The van der Waals surface area contributed by atoms with Gasteiger partial charge in [0.1, 0.15) is 0 Å². The molecule has 0 saturated heterocycles. The van der Waals surface area contributed by atoms with Crippen molar-refractivity contribution in [1.82, 2.24) is 5.32 Å². The molecule has 1 aliphatic rings. The largest absolute Gasteiger partial charge is 0.347 e. The minimum absolute atomic E-state index is 0.399. The lowest BCUT2D eigenvalue weighted by Gasteiger charge is -2.05. The number of imide groups is 1. The summed E-state index contributed by atoms with van der Waals surface area (Å²) in [7, 11) is 0. The summed E-state index contributed by atoms with van der Waals surface area (Å²) in [6.45, 7) is 0. The Bertz CT molecular complexity index is 257. The fraction of sp³-hybridized carbons (Fsp3) is 0.167. The lowest BCUT2D eigenvalue weighted by atomic mass is 10.2. The number of rotatable bonds is 1. The number of amides is 3. The van der Waals surface area contributed by atoms with E-state index in [9.17, 15) is 9.59 Å². The van der Waals surface area contributed by atoms with Crippen molar-refractivity contribution in [2.75, 3.05) is 5.33 Å². The number of halogens is 1. The quantitative estimate of drug-likeness (QED) is 0.517. The molecule has 11 heavy (non-hydrogen) atoms. The van der Waals surface area contributed by atoms with Gasteiger partial charge in [-0.15, -0.1) is 0 Å². The third-order valence-corrected chi connectivity index (χ3v) is 1.42. The number of hydrogen-bond donors (Lipinski definition) is 1. The van der Waals surface area contributed by atoms with Crippen LogP contribution in [-0.2, 0) is 4.79 Å². The maximum Gasteiger partial charge on any atom is 0.347 e. The fourth-order valence-corrected chi connectivity index (χ4v) is 0.966.